The third-order valence-electron chi connectivity index (χ3n) is 4.31. The van der Waals surface area contributed by atoms with Gasteiger partial charge in [0.25, 0.3) is 5.91 Å². The molecule has 0 fully saturated rings. The van der Waals surface area contributed by atoms with Gasteiger partial charge >= 0.3 is 5.97 Å². The zero-order valence-electron chi connectivity index (χ0n) is 16.1. The SMILES string of the molecule is CCOC(=O)c1c(NC(=O)c2cccc(-c3nnnn3CC)c2)sc(C)c1C. The van der Waals surface area contributed by atoms with Crippen molar-refractivity contribution in [3.63, 3.8) is 0 Å². The normalized spacial score (nSPS) is 10.7. The zero-order valence-corrected chi connectivity index (χ0v) is 17.0. The minimum Gasteiger partial charge on any atom is -0.462 e. The van der Waals surface area contributed by atoms with Gasteiger partial charge in [0.2, 0.25) is 0 Å². The molecule has 0 unspecified atom stereocenters. The monoisotopic (exact) mass is 399 g/mol. The summed E-state index contributed by atoms with van der Waals surface area (Å²) in [6, 6.07) is 7.05. The summed E-state index contributed by atoms with van der Waals surface area (Å²) >= 11 is 1.36. The van der Waals surface area contributed by atoms with Crippen LogP contribution in [-0.4, -0.2) is 38.7 Å². The maximum absolute atomic E-state index is 12.8. The number of tetrazole rings is 1. The molecule has 1 aromatic carbocycles. The Balaban J connectivity index is 1.90. The van der Waals surface area contributed by atoms with Crippen LogP contribution >= 0.6 is 11.3 Å². The van der Waals surface area contributed by atoms with Crippen LogP contribution in [0.1, 0.15) is 45.0 Å². The molecule has 28 heavy (non-hydrogen) atoms. The number of aryl methyl sites for hydroxylation is 2. The van der Waals surface area contributed by atoms with E-state index >= 15 is 0 Å². The Morgan fingerprint density at radius 3 is 2.75 bits per heavy atom. The number of nitrogens with one attached hydrogen (secondary N) is 1. The predicted molar refractivity (Wildman–Crippen MR) is 107 cm³/mol. The first-order chi connectivity index (χ1) is 13.5. The van der Waals surface area contributed by atoms with Crippen molar-refractivity contribution in [2.24, 2.45) is 0 Å². The molecule has 0 bridgehead atoms. The molecular formula is C19H21N5O3S. The van der Waals surface area contributed by atoms with Gasteiger partial charge in [0.05, 0.1) is 12.2 Å². The Kier molecular flexibility index (Phi) is 5.84. The van der Waals surface area contributed by atoms with E-state index in [1.807, 2.05) is 26.8 Å². The quantitative estimate of drug-likeness (QED) is 0.637. The molecule has 0 aliphatic rings. The molecule has 0 atom stereocenters. The molecule has 0 aliphatic carbocycles. The summed E-state index contributed by atoms with van der Waals surface area (Å²) < 4.78 is 6.79. The number of benzene rings is 1. The molecule has 3 rings (SSSR count). The van der Waals surface area contributed by atoms with E-state index < -0.39 is 5.97 Å². The van der Waals surface area contributed by atoms with Crippen LogP contribution in [0.15, 0.2) is 24.3 Å². The molecule has 146 valence electrons. The van der Waals surface area contributed by atoms with Gasteiger partial charge in [-0.2, -0.15) is 0 Å². The van der Waals surface area contributed by atoms with E-state index in [0.29, 0.717) is 28.5 Å². The number of carbonyl (C=O) groups excluding carboxylic acids is 2. The first kappa shape index (κ1) is 19.7. The Labute approximate surface area is 166 Å². The molecule has 0 radical (unpaired) electrons. The van der Waals surface area contributed by atoms with Crippen molar-refractivity contribution >= 4 is 28.2 Å². The van der Waals surface area contributed by atoms with Crippen molar-refractivity contribution in [1.82, 2.24) is 20.2 Å². The average Bonchev–Trinajstić information content (AvgIpc) is 3.26. The van der Waals surface area contributed by atoms with Gasteiger partial charge in [-0.3, -0.25) is 4.79 Å². The number of rotatable bonds is 6. The number of nitrogens with zero attached hydrogens (tertiary/aromatic N) is 4. The number of anilines is 1. The largest absolute Gasteiger partial charge is 0.462 e. The molecule has 0 saturated carbocycles. The fourth-order valence-electron chi connectivity index (χ4n) is 2.76. The Hall–Kier alpha value is -3.07. The van der Waals surface area contributed by atoms with Crippen LogP contribution in [0.25, 0.3) is 11.4 Å². The van der Waals surface area contributed by atoms with E-state index in [-0.39, 0.29) is 12.5 Å². The topological polar surface area (TPSA) is 99.0 Å². The van der Waals surface area contributed by atoms with E-state index in [1.54, 1.807) is 29.8 Å². The smallest absolute Gasteiger partial charge is 0.341 e. The summed E-state index contributed by atoms with van der Waals surface area (Å²) in [6.07, 6.45) is 0. The minimum absolute atomic E-state index is 0.273. The zero-order chi connectivity index (χ0) is 20.3. The van der Waals surface area contributed by atoms with Gasteiger partial charge < -0.3 is 10.1 Å². The number of thiophene rings is 1. The molecule has 0 aliphatic heterocycles. The van der Waals surface area contributed by atoms with Gasteiger partial charge in [0, 0.05) is 22.5 Å². The van der Waals surface area contributed by atoms with Crippen molar-refractivity contribution in [3.05, 3.63) is 45.8 Å². The number of esters is 1. The van der Waals surface area contributed by atoms with Gasteiger partial charge in [-0.05, 0) is 55.8 Å². The van der Waals surface area contributed by atoms with Crippen LogP contribution < -0.4 is 5.32 Å². The molecule has 9 heteroatoms. The van der Waals surface area contributed by atoms with Crippen LogP contribution in [0.5, 0.6) is 0 Å². The second-order valence-corrected chi connectivity index (χ2v) is 7.29. The molecule has 2 heterocycles. The average molecular weight is 399 g/mol. The summed E-state index contributed by atoms with van der Waals surface area (Å²) in [6.45, 7) is 8.33. The highest BCUT2D eigenvalue weighted by molar-refractivity contribution is 7.16. The predicted octanol–water partition coefficient (Wildman–Crippen LogP) is 3.47. The number of hydrogen-bond acceptors (Lipinski definition) is 7. The number of aromatic nitrogens is 4. The number of amides is 1. The van der Waals surface area contributed by atoms with Crippen LogP contribution in [-0.2, 0) is 11.3 Å². The van der Waals surface area contributed by atoms with Crippen LogP contribution in [0.4, 0.5) is 5.00 Å². The molecule has 0 saturated heterocycles. The van der Waals surface area contributed by atoms with Crippen molar-refractivity contribution in [1.29, 1.82) is 0 Å². The molecule has 1 N–H and O–H groups in total. The second kappa shape index (κ2) is 8.30. The molecule has 2 aromatic heterocycles. The lowest BCUT2D eigenvalue weighted by Gasteiger charge is -2.08. The maximum atomic E-state index is 12.8. The Morgan fingerprint density at radius 1 is 1.25 bits per heavy atom. The van der Waals surface area contributed by atoms with E-state index in [2.05, 4.69) is 20.8 Å². The van der Waals surface area contributed by atoms with Crippen LogP contribution in [0, 0.1) is 13.8 Å². The fraction of sp³-hybridized carbons (Fsp3) is 0.316. The molecular weight excluding hydrogens is 378 g/mol. The standard InChI is InChI=1S/C19H21N5O3S/c1-5-24-16(21-22-23-24)13-8-7-9-14(10-13)17(25)20-18-15(19(26)27-6-2)11(3)12(4)28-18/h7-10H,5-6H2,1-4H3,(H,20,25). The third-order valence-corrected chi connectivity index (χ3v) is 5.43. The summed E-state index contributed by atoms with van der Waals surface area (Å²) in [5.74, 6) is -0.160. The number of ether oxygens (including phenoxy) is 1. The van der Waals surface area contributed by atoms with Crippen molar-refractivity contribution < 1.29 is 14.3 Å². The van der Waals surface area contributed by atoms with Gasteiger partial charge in [-0.1, -0.05) is 12.1 Å². The Bertz CT molecular complexity index is 1020. The fourth-order valence-corrected chi connectivity index (χ4v) is 3.81. The van der Waals surface area contributed by atoms with Gasteiger partial charge in [-0.25, -0.2) is 9.48 Å². The van der Waals surface area contributed by atoms with Crippen molar-refractivity contribution in [2.45, 2.75) is 34.2 Å². The van der Waals surface area contributed by atoms with E-state index in [9.17, 15) is 9.59 Å². The summed E-state index contributed by atoms with van der Waals surface area (Å²) in [5, 5.41) is 15.0. The molecule has 8 nitrogen and oxygen atoms in total. The lowest BCUT2D eigenvalue weighted by Crippen LogP contribution is -2.15. The van der Waals surface area contributed by atoms with Crippen molar-refractivity contribution in [3.8, 4) is 11.4 Å². The summed E-state index contributed by atoms with van der Waals surface area (Å²) in [4.78, 5) is 26.1. The first-order valence-corrected chi connectivity index (χ1v) is 9.72. The van der Waals surface area contributed by atoms with Gasteiger partial charge in [-0.15, -0.1) is 16.4 Å². The third kappa shape index (κ3) is 3.79. The highest BCUT2D eigenvalue weighted by Gasteiger charge is 2.22. The van der Waals surface area contributed by atoms with Crippen LogP contribution in [0.2, 0.25) is 0 Å². The number of carbonyl (C=O) groups is 2. The lowest BCUT2D eigenvalue weighted by atomic mass is 10.1. The highest BCUT2D eigenvalue weighted by atomic mass is 32.1. The summed E-state index contributed by atoms with van der Waals surface area (Å²) in [7, 11) is 0. The number of hydrogen-bond donors (Lipinski definition) is 1. The van der Waals surface area contributed by atoms with E-state index in [4.69, 9.17) is 4.74 Å². The molecule has 3 aromatic rings. The lowest BCUT2D eigenvalue weighted by molar-refractivity contribution is 0.0527. The summed E-state index contributed by atoms with van der Waals surface area (Å²) in [5.41, 5.74) is 2.41. The molecule has 0 spiro atoms. The second-order valence-electron chi connectivity index (χ2n) is 6.06. The minimum atomic E-state index is -0.435. The maximum Gasteiger partial charge on any atom is 0.341 e. The van der Waals surface area contributed by atoms with Gasteiger partial charge in [0.15, 0.2) is 5.82 Å². The first-order valence-electron chi connectivity index (χ1n) is 8.91. The highest BCUT2D eigenvalue weighted by Crippen LogP contribution is 2.33. The van der Waals surface area contributed by atoms with Crippen LogP contribution in [0.3, 0.4) is 0 Å². The van der Waals surface area contributed by atoms with E-state index in [0.717, 1.165) is 16.0 Å². The van der Waals surface area contributed by atoms with E-state index in [1.165, 1.54) is 11.3 Å². The Morgan fingerprint density at radius 2 is 2.04 bits per heavy atom. The van der Waals surface area contributed by atoms with Crippen molar-refractivity contribution in [2.75, 3.05) is 11.9 Å². The molecule has 1 amide bonds. The van der Waals surface area contributed by atoms with Gasteiger partial charge in [0.1, 0.15) is 5.00 Å².